The van der Waals surface area contributed by atoms with Gasteiger partial charge in [-0.05, 0) is 49.4 Å². The summed E-state index contributed by atoms with van der Waals surface area (Å²) in [5, 5.41) is 9.71. The van der Waals surface area contributed by atoms with Gasteiger partial charge in [-0.1, -0.05) is 31.9 Å². The van der Waals surface area contributed by atoms with E-state index in [4.69, 9.17) is 4.74 Å². The maximum absolute atomic E-state index is 11.4. The van der Waals surface area contributed by atoms with E-state index in [-0.39, 0.29) is 18.5 Å². The van der Waals surface area contributed by atoms with Gasteiger partial charge in [0, 0.05) is 6.42 Å². The molecule has 0 unspecified atom stereocenters. The molecule has 0 aromatic carbocycles. The van der Waals surface area contributed by atoms with Gasteiger partial charge in [-0.2, -0.15) is 0 Å². The van der Waals surface area contributed by atoms with Crippen LogP contribution in [0.25, 0.3) is 0 Å². The van der Waals surface area contributed by atoms with Crippen LogP contribution in [0.15, 0.2) is 12.2 Å². The number of carbonyl (C=O) groups is 1. The maximum atomic E-state index is 11.4. The first-order chi connectivity index (χ1) is 10.1. The normalized spacial score (nSPS) is 43.2. The Hall–Kier alpha value is -0.830. The highest BCUT2D eigenvalue weighted by molar-refractivity contribution is 5.70. The zero-order valence-corrected chi connectivity index (χ0v) is 13.0. The molecular formula is C18H28O3. The van der Waals surface area contributed by atoms with Crippen LogP contribution in [0.2, 0.25) is 0 Å². The van der Waals surface area contributed by atoms with Crippen LogP contribution in [0.3, 0.4) is 0 Å². The van der Waals surface area contributed by atoms with Crippen molar-refractivity contribution >= 4 is 5.97 Å². The van der Waals surface area contributed by atoms with Gasteiger partial charge < -0.3 is 9.84 Å². The van der Waals surface area contributed by atoms with Crippen LogP contribution in [0.1, 0.15) is 58.3 Å². The highest BCUT2D eigenvalue weighted by Crippen LogP contribution is 2.45. The summed E-state index contributed by atoms with van der Waals surface area (Å²) in [5.41, 5.74) is 0. The van der Waals surface area contributed by atoms with Crippen molar-refractivity contribution in [1.29, 1.82) is 0 Å². The Bertz CT molecular complexity index is 403. The van der Waals surface area contributed by atoms with E-state index in [1.54, 1.807) is 0 Å². The van der Waals surface area contributed by atoms with E-state index in [1.807, 2.05) is 0 Å². The number of carbonyl (C=O) groups excluding carboxylic acids is 1. The number of fused-ring (bicyclic) bond motifs is 1. The Balaban J connectivity index is 1.58. The molecule has 1 saturated heterocycles. The van der Waals surface area contributed by atoms with Gasteiger partial charge in [0.15, 0.2) is 0 Å². The Morgan fingerprint density at radius 3 is 2.86 bits per heavy atom. The second-order valence-corrected chi connectivity index (χ2v) is 7.30. The fourth-order valence-corrected chi connectivity index (χ4v) is 4.70. The van der Waals surface area contributed by atoms with Crippen LogP contribution in [0, 0.1) is 23.7 Å². The second kappa shape index (κ2) is 6.51. The Labute approximate surface area is 127 Å². The van der Waals surface area contributed by atoms with E-state index >= 15 is 0 Å². The molecule has 1 aliphatic heterocycles. The first-order valence-corrected chi connectivity index (χ1v) is 8.69. The zero-order valence-electron chi connectivity index (χ0n) is 13.0. The van der Waals surface area contributed by atoms with Crippen LogP contribution in [0.5, 0.6) is 0 Å². The molecule has 0 aromatic rings. The van der Waals surface area contributed by atoms with Gasteiger partial charge in [0.1, 0.15) is 6.10 Å². The molecule has 2 aliphatic carbocycles. The van der Waals surface area contributed by atoms with E-state index in [0.717, 1.165) is 30.6 Å². The molecule has 3 heteroatoms. The molecule has 0 radical (unpaired) electrons. The van der Waals surface area contributed by atoms with E-state index in [1.165, 1.54) is 25.7 Å². The second-order valence-electron chi connectivity index (χ2n) is 7.30. The van der Waals surface area contributed by atoms with Gasteiger partial charge in [0.2, 0.25) is 0 Å². The predicted octanol–water partition coefficient (Wildman–Crippen LogP) is 3.46. The lowest BCUT2D eigenvalue weighted by Gasteiger charge is -2.42. The molecular weight excluding hydrogens is 264 g/mol. The molecule has 6 atom stereocenters. The summed E-state index contributed by atoms with van der Waals surface area (Å²) >= 11 is 0. The van der Waals surface area contributed by atoms with Crippen LogP contribution in [-0.2, 0) is 9.53 Å². The number of allylic oxidation sites excluding steroid dienone is 2. The summed E-state index contributed by atoms with van der Waals surface area (Å²) in [6.07, 6.45) is 12.6. The predicted molar refractivity (Wildman–Crippen MR) is 81.6 cm³/mol. The van der Waals surface area contributed by atoms with Crippen LogP contribution < -0.4 is 0 Å². The van der Waals surface area contributed by atoms with Crippen molar-refractivity contribution in [1.82, 2.24) is 0 Å². The zero-order chi connectivity index (χ0) is 14.8. The lowest BCUT2D eigenvalue weighted by Crippen LogP contribution is -2.36. The first kappa shape index (κ1) is 15.1. The van der Waals surface area contributed by atoms with E-state index in [2.05, 4.69) is 19.1 Å². The maximum Gasteiger partial charge on any atom is 0.308 e. The highest BCUT2D eigenvalue weighted by atomic mass is 16.5. The van der Waals surface area contributed by atoms with Crippen molar-refractivity contribution in [2.45, 2.75) is 70.5 Å². The van der Waals surface area contributed by atoms with Crippen LogP contribution in [0.4, 0.5) is 0 Å². The van der Waals surface area contributed by atoms with E-state index in [0.29, 0.717) is 12.3 Å². The molecule has 21 heavy (non-hydrogen) atoms. The minimum atomic E-state index is -0.498. The number of cyclic esters (lactones) is 1. The Morgan fingerprint density at radius 1 is 1.24 bits per heavy atom. The third kappa shape index (κ3) is 3.50. The van der Waals surface area contributed by atoms with Gasteiger partial charge in [0.25, 0.3) is 0 Å². The van der Waals surface area contributed by atoms with Crippen LogP contribution >= 0.6 is 0 Å². The first-order valence-electron chi connectivity index (χ1n) is 8.69. The lowest BCUT2D eigenvalue weighted by molar-refractivity contribution is -0.160. The summed E-state index contributed by atoms with van der Waals surface area (Å²) in [6, 6.07) is 0. The molecule has 1 saturated carbocycles. The van der Waals surface area contributed by atoms with Gasteiger partial charge in [-0.3, -0.25) is 4.79 Å². The minimum absolute atomic E-state index is 0.0682. The monoisotopic (exact) mass is 292 g/mol. The molecule has 2 fully saturated rings. The van der Waals surface area contributed by atoms with Gasteiger partial charge >= 0.3 is 5.97 Å². The fraction of sp³-hybridized carbons (Fsp3) is 0.833. The fourth-order valence-electron chi connectivity index (χ4n) is 4.70. The number of aliphatic hydroxyl groups is 1. The number of ether oxygens (including phenoxy) is 1. The number of aliphatic hydroxyl groups excluding tert-OH is 1. The third-order valence-electron chi connectivity index (χ3n) is 5.82. The van der Waals surface area contributed by atoms with E-state index < -0.39 is 6.10 Å². The summed E-state index contributed by atoms with van der Waals surface area (Å²) in [5.74, 6) is 2.72. The van der Waals surface area contributed by atoms with Crippen molar-refractivity contribution in [3.8, 4) is 0 Å². The average molecular weight is 292 g/mol. The molecule has 0 bridgehead atoms. The van der Waals surface area contributed by atoms with Crippen molar-refractivity contribution in [2.24, 2.45) is 23.7 Å². The summed E-state index contributed by atoms with van der Waals surface area (Å²) in [7, 11) is 0. The molecule has 3 aliphatic rings. The lowest BCUT2D eigenvalue weighted by atomic mass is 9.64. The van der Waals surface area contributed by atoms with Crippen LogP contribution in [-0.4, -0.2) is 23.3 Å². The number of esters is 1. The summed E-state index contributed by atoms with van der Waals surface area (Å²) < 4.78 is 5.40. The molecule has 118 valence electrons. The Kier molecular flexibility index (Phi) is 4.68. The van der Waals surface area contributed by atoms with Crippen molar-refractivity contribution in [3.63, 3.8) is 0 Å². The molecule has 3 rings (SSSR count). The average Bonchev–Trinajstić information content (AvgIpc) is 2.45. The number of hydrogen-bond donors (Lipinski definition) is 1. The van der Waals surface area contributed by atoms with Crippen molar-refractivity contribution in [3.05, 3.63) is 12.2 Å². The molecule has 0 spiro atoms. The largest absolute Gasteiger partial charge is 0.462 e. The standard InChI is InChI=1S/C18H28O3/c1-12-6-7-13-4-2-3-5-17(13)16(12)9-8-15-10-14(19)11-18(20)21-15/h6-7,12-17,19H,2-5,8-11H2,1H3/t12-,13+,14+,15+,16-,17+/m1/s1. The quantitative estimate of drug-likeness (QED) is 0.640. The van der Waals surface area contributed by atoms with Gasteiger partial charge in [-0.25, -0.2) is 0 Å². The van der Waals surface area contributed by atoms with Gasteiger partial charge in [-0.15, -0.1) is 0 Å². The van der Waals surface area contributed by atoms with Crippen molar-refractivity contribution in [2.75, 3.05) is 0 Å². The Morgan fingerprint density at radius 2 is 2.05 bits per heavy atom. The van der Waals surface area contributed by atoms with Crippen molar-refractivity contribution < 1.29 is 14.6 Å². The topological polar surface area (TPSA) is 46.5 Å². The summed E-state index contributed by atoms with van der Waals surface area (Å²) in [4.78, 5) is 11.4. The van der Waals surface area contributed by atoms with Gasteiger partial charge in [0.05, 0.1) is 12.5 Å². The molecule has 3 nitrogen and oxygen atoms in total. The number of hydrogen-bond acceptors (Lipinski definition) is 3. The molecule has 0 amide bonds. The third-order valence-corrected chi connectivity index (χ3v) is 5.82. The molecule has 0 aromatic heterocycles. The van der Waals surface area contributed by atoms with E-state index in [9.17, 15) is 9.90 Å². The summed E-state index contributed by atoms with van der Waals surface area (Å²) in [6.45, 7) is 2.33. The highest BCUT2D eigenvalue weighted by Gasteiger charge is 2.36. The number of rotatable bonds is 3. The SMILES string of the molecule is C[C@@H]1C=C[C@@H]2CCCC[C@@H]2[C@@H]1CC[C@H]1C[C@H](O)CC(=O)O1. The minimum Gasteiger partial charge on any atom is -0.462 e. The smallest absolute Gasteiger partial charge is 0.308 e. The molecule has 1 heterocycles. The molecule has 1 N–H and O–H groups in total.